The van der Waals surface area contributed by atoms with Gasteiger partial charge in [-0.25, -0.2) is 0 Å². The predicted molar refractivity (Wildman–Crippen MR) is 608 cm³/mol. The van der Waals surface area contributed by atoms with Crippen molar-refractivity contribution in [1.82, 2.24) is 18.3 Å². The van der Waals surface area contributed by atoms with Gasteiger partial charge in [-0.2, -0.15) is 0 Å². The van der Waals surface area contributed by atoms with Crippen LogP contribution in [-0.4, -0.2) is 18.3 Å². The number of rotatable bonds is 7. The smallest absolute Gasteiger partial charge is 0.143 e. The van der Waals surface area contributed by atoms with E-state index in [-0.39, 0.29) is 0 Å². The lowest BCUT2D eigenvalue weighted by molar-refractivity contribution is 0.665. The maximum atomic E-state index is 6.79. The summed E-state index contributed by atoms with van der Waals surface area (Å²) < 4.78 is 50.5. The van der Waals surface area contributed by atoms with Gasteiger partial charge in [0.25, 0.3) is 0 Å². The van der Waals surface area contributed by atoms with Crippen LogP contribution in [0.5, 0.6) is 0 Å². The van der Waals surface area contributed by atoms with Crippen molar-refractivity contribution in [3.63, 3.8) is 0 Å². The highest BCUT2D eigenvalue weighted by Crippen LogP contribution is 2.52. The van der Waals surface area contributed by atoms with Gasteiger partial charge in [0.2, 0.25) is 0 Å². The monoisotopic (exact) mass is 1890 g/mol. The summed E-state index contributed by atoms with van der Waals surface area (Å²) in [6, 6.07) is 161. The van der Waals surface area contributed by atoms with Crippen LogP contribution in [0.25, 0.3) is 314 Å². The van der Waals surface area contributed by atoms with Crippen molar-refractivity contribution in [3.8, 4) is 56.1 Å². The topological polar surface area (TPSA) is 85.4 Å². The van der Waals surface area contributed by atoms with Gasteiger partial charge in [0.1, 0.15) is 55.8 Å². The molecule has 12 heterocycles. The Labute approximate surface area is 830 Å². The number of hydrogen-bond acceptors (Lipinski definition) is 8. The second kappa shape index (κ2) is 30.6. The van der Waals surface area contributed by atoms with Crippen LogP contribution in [0.1, 0.15) is 0 Å². The van der Waals surface area contributed by atoms with Crippen LogP contribution in [0.4, 0.5) is 0 Å². The van der Waals surface area contributed by atoms with Gasteiger partial charge in [-0.05, 0) is 146 Å². The molecule has 34 aromatic rings. The summed E-state index contributed by atoms with van der Waals surface area (Å²) in [5, 5.41) is 29.0. The quantitative estimate of drug-likeness (QED) is 0.159. The molecule has 0 saturated carbocycles. The lowest BCUT2D eigenvalue weighted by Crippen LogP contribution is -1.98. The third-order valence-corrected chi connectivity index (χ3v) is 33.6. The van der Waals surface area contributed by atoms with E-state index < -0.39 is 0 Å². The molecule has 0 radical (unpaired) electrons. The lowest BCUT2D eigenvalue weighted by atomic mass is 10.00. The van der Waals surface area contributed by atoms with Crippen molar-refractivity contribution in [3.05, 3.63) is 449 Å². The minimum Gasteiger partial charge on any atom is -0.455 e. The molecule has 0 aliphatic carbocycles. The number of furan rings is 5. The van der Waals surface area contributed by atoms with Gasteiger partial charge in [-0.3, -0.25) is 0 Å². The summed E-state index contributed by atoms with van der Waals surface area (Å²) in [6.45, 7) is 0. The molecule has 0 N–H and O–H groups in total. The average molecular weight is 1890 g/mol. The Hall–Kier alpha value is -18.3. The number of benzene rings is 22. The molecule has 0 bridgehead atoms. The summed E-state index contributed by atoms with van der Waals surface area (Å²) >= 11 is 5.58. The minimum atomic E-state index is 0.870. The van der Waals surface area contributed by atoms with E-state index in [1.807, 2.05) is 58.3 Å². The van der Waals surface area contributed by atoms with E-state index in [9.17, 15) is 0 Å². The molecule has 670 valence electrons. The Morgan fingerprint density at radius 2 is 0.486 bits per heavy atom. The van der Waals surface area contributed by atoms with E-state index in [4.69, 9.17) is 22.1 Å². The third-order valence-electron chi connectivity index (χ3n) is 30.1. The first kappa shape index (κ1) is 79.6. The molecule has 9 nitrogen and oxygen atoms in total. The van der Waals surface area contributed by atoms with Crippen LogP contribution in [-0.2, 0) is 0 Å². The molecule has 0 saturated heterocycles. The molecule has 144 heavy (non-hydrogen) atoms. The van der Waals surface area contributed by atoms with E-state index in [0.717, 1.165) is 160 Å². The molecule has 12 aromatic heterocycles. The van der Waals surface area contributed by atoms with Crippen molar-refractivity contribution in [2.45, 2.75) is 0 Å². The predicted octanol–water partition coefficient (Wildman–Crippen LogP) is 39.0. The number of nitrogens with zero attached hydrogens (tertiary/aromatic N) is 4. The third kappa shape index (κ3) is 11.5. The van der Waals surface area contributed by atoms with Crippen LogP contribution in [0.15, 0.2) is 471 Å². The Morgan fingerprint density at radius 3 is 0.993 bits per heavy atom. The molecular formula is C132H74N4O5S3. The maximum Gasteiger partial charge on any atom is 0.143 e. The van der Waals surface area contributed by atoms with Gasteiger partial charge in [0.15, 0.2) is 0 Å². The second-order valence-electron chi connectivity index (χ2n) is 37.7. The molecule has 0 aliphatic heterocycles. The SMILES string of the molecule is c1ccc(-n2c3ccccc3c3ccc4c5ccccc5n(-c5ccc6oc7c(-c8cccc9c8sc8ccccc89)cccc7c6c5)c4c32)cc1.c1ccc2c(c1)oc1c(-c3cccc4c3oc3ccc(-n5c6ccccc6c6c7c(ccc65)sc5ccccc57)cc34)cccc12.c1ccc2c(c1)oc1c(-c3cccc4c3oc3ccc(-n5c6ccccc6c6cc7c(cc65)sc5ccccc57)cc34)cccc12. The zero-order chi connectivity index (χ0) is 93.8. The van der Waals surface area contributed by atoms with E-state index in [1.54, 1.807) is 0 Å². The van der Waals surface area contributed by atoms with Crippen LogP contribution in [0, 0.1) is 0 Å². The molecule has 22 aromatic carbocycles. The summed E-state index contributed by atoms with van der Waals surface area (Å²) in [5.74, 6) is 0. The van der Waals surface area contributed by atoms with Gasteiger partial charge < -0.3 is 40.4 Å². The van der Waals surface area contributed by atoms with Crippen molar-refractivity contribution in [1.29, 1.82) is 0 Å². The average Bonchev–Trinajstić information content (AvgIpc) is 1.54. The van der Waals surface area contributed by atoms with E-state index >= 15 is 0 Å². The van der Waals surface area contributed by atoms with Gasteiger partial charge in [0, 0.05) is 214 Å². The molecular weight excluding hydrogens is 1820 g/mol. The molecule has 0 spiro atoms. The molecule has 0 unspecified atom stereocenters. The number of fused-ring (bicyclic) bond motifs is 38. The first-order chi connectivity index (χ1) is 71.4. The number of para-hydroxylation sites is 12. The maximum absolute atomic E-state index is 6.79. The summed E-state index contributed by atoms with van der Waals surface area (Å²) in [6.07, 6.45) is 0. The largest absolute Gasteiger partial charge is 0.455 e. The zero-order valence-electron chi connectivity index (χ0n) is 76.8. The van der Waals surface area contributed by atoms with Crippen LogP contribution in [0.3, 0.4) is 0 Å². The first-order valence-electron chi connectivity index (χ1n) is 48.7. The normalized spacial score (nSPS) is 12.3. The Bertz CT molecular complexity index is 11500. The highest BCUT2D eigenvalue weighted by Gasteiger charge is 2.29. The fourth-order valence-corrected chi connectivity index (χ4v) is 27.4. The highest BCUT2D eigenvalue weighted by atomic mass is 32.1. The van der Waals surface area contributed by atoms with E-state index in [2.05, 4.69) is 443 Å². The first-order valence-corrected chi connectivity index (χ1v) is 51.2. The van der Waals surface area contributed by atoms with Gasteiger partial charge >= 0.3 is 0 Å². The number of hydrogen-bond donors (Lipinski definition) is 0. The molecule has 0 fully saturated rings. The number of thiophene rings is 3. The van der Waals surface area contributed by atoms with Crippen molar-refractivity contribution in [2.75, 3.05) is 0 Å². The van der Waals surface area contributed by atoms with Gasteiger partial charge in [0.05, 0.1) is 44.1 Å². The standard InChI is InChI=1S/C48H28N2OS.2C42H23NO2S/c1-2-12-29(13-3-1)49-41-21-7-4-14-31(41)34-25-26-35-32-15-5-8-22-42(32)50(46(35)45(34)49)30-24-27-43-40(28-30)37-18-10-17-36(47(37)51-43)39-20-11-19-38-33-16-6-9-23-44(33)52-48(38)39;1-4-16-33-30(10-1)39-34(20-22-38-40(39)31-11-3-6-18-37(31)46-38)43(33)24-19-21-36-32(23-24)29-15-8-14-28(42(29)45-36)27-13-7-12-26-25-9-2-5-17-35(25)44-41(26)27;1-4-16-35-25(9-1)32-22-34-27-11-3-6-18-39(27)46-40(34)23-36(32)43(35)24-19-20-38-33(21-24)31-15-8-14-30(42(31)45-38)29-13-7-12-28-26-10-2-5-17-37(26)44-41(28)29/h1-28H;2*1-23H. The highest BCUT2D eigenvalue weighted by molar-refractivity contribution is 7.27. The lowest BCUT2D eigenvalue weighted by Gasteiger charge is -2.12. The Balaban J connectivity index is 0.0000000969. The summed E-state index contributed by atoms with van der Waals surface area (Å²) in [5.41, 5.74) is 29.4. The van der Waals surface area contributed by atoms with Crippen molar-refractivity contribution < 1.29 is 22.1 Å². The molecule has 34 rings (SSSR count). The second-order valence-corrected chi connectivity index (χ2v) is 41.0. The Kier molecular flexibility index (Phi) is 16.9. The fourth-order valence-electron chi connectivity index (χ4n) is 23.9. The fraction of sp³-hybridized carbons (Fsp3) is 0. The van der Waals surface area contributed by atoms with Gasteiger partial charge in [-0.1, -0.05) is 303 Å². The molecule has 0 aliphatic rings. The van der Waals surface area contributed by atoms with Gasteiger partial charge in [-0.15, -0.1) is 34.0 Å². The molecule has 12 heteroatoms. The van der Waals surface area contributed by atoms with Crippen LogP contribution < -0.4 is 0 Å². The van der Waals surface area contributed by atoms with Crippen molar-refractivity contribution in [2.24, 2.45) is 0 Å². The zero-order valence-corrected chi connectivity index (χ0v) is 79.2. The van der Waals surface area contributed by atoms with Crippen LogP contribution >= 0.6 is 34.0 Å². The molecule has 0 atom stereocenters. The minimum absolute atomic E-state index is 0.870. The van der Waals surface area contributed by atoms with Crippen molar-refractivity contribution >= 4 is 291 Å². The molecule has 0 amide bonds. The Morgan fingerprint density at radius 1 is 0.146 bits per heavy atom. The van der Waals surface area contributed by atoms with Crippen LogP contribution in [0.2, 0.25) is 0 Å². The number of aromatic nitrogens is 4. The van der Waals surface area contributed by atoms with E-state index in [0.29, 0.717) is 0 Å². The summed E-state index contributed by atoms with van der Waals surface area (Å²) in [7, 11) is 0. The van der Waals surface area contributed by atoms with E-state index in [1.165, 1.54) is 153 Å². The summed E-state index contributed by atoms with van der Waals surface area (Å²) in [4.78, 5) is 0.